The van der Waals surface area contributed by atoms with Gasteiger partial charge in [0.2, 0.25) is 0 Å². The average molecular weight is 241 g/mol. The quantitative estimate of drug-likeness (QED) is 0.696. The van der Waals surface area contributed by atoms with Crippen LogP contribution < -0.4 is 0 Å². The molecule has 0 spiro atoms. The summed E-state index contributed by atoms with van der Waals surface area (Å²) < 4.78 is 5.49. The monoisotopic (exact) mass is 241 g/mol. The van der Waals surface area contributed by atoms with Gasteiger partial charge >= 0.3 is 5.97 Å². The summed E-state index contributed by atoms with van der Waals surface area (Å²) in [4.78, 5) is 14.4. The first-order valence-electron chi connectivity index (χ1n) is 6.55. The third kappa shape index (κ3) is 5.07. The van der Waals surface area contributed by atoms with Gasteiger partial charge in [-0.05, 0) is 45.6 Å². The zero-order valence-corrected chi connectivity index (χ0v) is 12.2. The molecule has 1 aliphatic rings. The van der Waals surface area contributed by atoms with E-state index < -0.39 is 0 Å². The Kier molecular flexibility index (Phi) is 4.23. The number of hydrogen-bond donors (Lipinski definition) is 0. The molecular formula is C14H27NO2. The number of hydrogen-bond acceptors (Lipinski definition) is 3. The standard InChI is InChI=1S/C14H27NO2/c1-13(2,3)10-15-9-7-8-11(15)12(16)17-14(4,5)6/h11H,7-10H2,1-6H3. The van der Waals surface area contributed by atoms with E-state index in [0.29, 0.717) is 0 Å². The summed E-state index contributed by atoms with van der Waals surface area (Å²) in [5.74, 6) is -0.0562. The Labute approximate surface area is 106 Å². The predicted octanol–water partition coefficient (Wildman–Crippen LogP) is 2.84. The second-order valence-electron chi connectivity index (χ2n) is 7.22. The van der Waals surface area contributed by atoms with Crippen LogP contribution in [0.5, 0.6) is 0 Å². The molecule has 3 nitrogen and oxygen atoms in total. The van der Waals surface area contributed by atoms with E-state index in [2.05, 4.69) is 25.7 Å². The van der Waals surface area contributed by atoms with Crippen LogP contribution in [0.1, 0.15) is 54.4 Å². The zero-order chi connectivity index (χ0) is 13.3. The minimum atomic E-state index is -0.382. The van der Waals surface area contributed by atoms with Crippen molar-refractivity contribution in [2.45, 2.75) is 66.0 Å². The Morgan fingerprint density at radius 2 is 1.82 bits per heavy atom. The molecule has 0 aromatic carbocycles. The lowest BCUT2D eigenvalue weighted by Gasteiger charge is -2.31. The van der Waals surface area contributed by atoms with Crippen molar-refractivity contribution in [1.82, 2.24) is 4.90 Å². The lowest BCUT2D eigenvalue weighted by Crippen LogP contribution is -2.43. The molecule has 1 fully saturated rings. The number of likely N-dealkylation sites (tertiary alicyclic amines) is 1. The molecule has 3 heteroatoms. The number of ether oxygens (including phenoxy) is 1. The molecule has 0 saturated carbocycles. The Bertz CT molecular complexity index is 273. The summed E-state index contributed by atoms with van der Waals surface area (Å²) in [6.45, 7) is 14.4. The second-order valence-corrected chi connectivity index (χ2v) is 7.22. The van der Waals surface area contributed by atoms with E-state index in [1.54, 1.807) is 0 Å². The van der Waals surface area contributed by atoms with E-state index in [4.69, 9.17) is 4.74 Å². The molecule has 0 aliphatic carbocycles. The van der Waals surface area contributed by atoms with Gasteiger partial charge in [0.15, 0.2) is 0 Å². The molecule has 0 amide bonds. The van der Waals surface area contributed by atoms with Crippen LogP contribution in [0.25, 0.3) is 0 Å². The van der Waals surface area contributed by atoms with Crippen molar-refractivity contribution in [3.8, 4) is 0 Å². The van der Waals surface area contributed by atoms with Crippen LogP contribution in [0, 0.1) is 5.41 Å². The Morgan fingerprint density at radius 3 is 2.29 bits per heavy atom. The molecule has 100 valence electrons. The van der Waals surface area contributed by atoms with Crippen molar-refractivity contribution >= 4 is 5.97 Å². The highest BCUT2D eigenvalue weighted by Crippen LogP contribution is 2.25. The summed E-state index contributed by atoms with van der Waals surface area (Å²) in [7, 11) is 0. The lowest BCUT2D eigenvalue weighted by atomic mass is 9.95. The van der Waals surface area contributed by atoms with Crippen molar-refractivity contribution in [3.63, 3.8) is 0 Å². The Balaban J connectivity index is 2.60. The number of carbonyl (C=O) groups excluding carboxylic acids is 1. The van der Waals surface area contributed by atoms with Crippen LogP contribution in [0.2, 0.25) is 0 Å². The minimum Gasteiger partial charge on any atom is -0.459 e. The maximum absolute atomic E-state index is 12.1. The molecular weight excluding hydrogens is 214 g/mol. The van der Waals surface area contributed by atoms with Gasteiger partial charge in [-0.15, -0.1) is 0 Å². The topological polar surface area (TPSA) is 29.5 Å². The summed E-state index contributed by atoms with van der Waals surface area (Å²) in [6, 6.07) is -0.0338. The average Bonchev–Trinajstić information content (AvgIpc) is 2.45. The zero-order valence-electron chi connectivity index (χ0n) is 12.2. The number of nitrogens with zero attached hydrogens (tertiary/aromatic N) is 1. The highest BCUT2D eigenvalue weighted by Gasteiger charge is 2.35. The number of carbonyl (C=O) groups is 1. The number of esters is 1. The van der Waals surface area contributed by atoms with E-state index in [1.165, 1.54) is 0 Å². The Morgan fingerprint density at radius 1 is 1.24 bits per heavy atom. The van der Waals surface area contributed by atoms with Crippen LogP contribution in [0.15, 0.2) is 0 Å². The molecule has 1 aliphatic heterocycles. The van der Waals surface area contributed by atoms with Crippen molar-refractivity contribution in [2.24, 2.45) is 5.41 Å². The SMILES string of the molecule is CC(C)(C)CN1CCCC1C(=O)OC(C)(C)C. The fourth-order valence-corrected chi connectivity index (χ4v) is 2.26. The highest BCUT2D eigenvalue weighted by molar-refractivity contribution is 5.76. The molecule has 1 saturated heterocycles. The normalized spacial score (nSPS) is 22.8. The van der Waals surface area contributed by atoms with Crippen molar-refractivity contribution in [1.29, 1.82) is 0 Å². The molecule has 1 heterocycles. The maximum Gasteiger partial charge on any atom is 0.323 e. The van der Waals surface area contributed by atoms with Gasteiger partial charge < -0.3 is 4.74 Å². The lowest BCUT2D eigenvalue weighted by molar-refractivity contribution is -0.160. The molecule has 0 N–H and O–H groups in total. The third-order valence-corrected chi connectivity index (χ3v) is 2.72. The summed E-state index contributed by atoms with van der Waals surface area (Å²) in [5, 5.41) is 0. The van der Waals surface area contributed by atoms with Gasteiger partial charge in [-0.3, -0.25) is 9.69 Å². The fourth-order valence-electron chi connectivity index (χ4n) is 2.26. The van der Waals surface area contributed by atoms with Gasteiger partial charge in [0.1, 0.15) is 11.6 Å². The first kappa shape index (κ1) is 14.5. The first-order valence-corrected chi connectivity index (χ1v) is 6.55. The van der Waals surface area contributed by atoms with Gasteiger partial charge in [-0.2, -0.15) is 0 Å². The van der Waals surface area contributed by atoms with Crippen LogP contribution in [0.4, 0.5) is 0 Å². The van der Waals surface area contributed by atoms with Gasteiger partial charge in [0.25, 0.3) is 0 Å². The maximum atomic E-state index is 12.1. The van der Waals surface area contributed by atoms with Crippen molar-refractivity contribution in [2.75, 3.05) is 13.1 Å². The van der Waals surface area contributed by atoms with Crippen molar-refractivity contribution < 1.29 is 9.53 Å². The molecule has 17 heavy (non-hydrogen) atoms. The predicted molar refractivity (Wildman–Crippen MR) is 69.9 cm³/mol. The summed E-state index contributed by atoms with van der Waals surface area (Å²) in [5.41, 5.74) is -0.155. The third-order valence-electron chi connectivity index (χ3n) is 2.72. The van der Waals surface area contributed by atoms with Gasteiger partial charge in [-0.25, -0.2) is 0 Å². The minimum absolute atomic E-state index is 0.0338. The largest absolute Gasteiger partial charge is 0.459 e. The van der Waals surface area contributed by atoms with E-state index in [-0.39, 0.29) is 23.0 Å². The molecule has 0 radical (unpaired) electrons. The number of rotatable bonds is 2. The molecule has 0 aromatic rings. The van der Waals surface area contributed by atoms with Crippen molar-refractivity contribution in [3.05, 3.63) is 0 Å². The molecule has 0 aromatic heterocycles. The van der Waals surface area contributed by atoms with Crippen LogP contribution >= 0.6 is 0 Å². The van der Waals surface area contributed by atoms with E-state index in [0.717, 1.165) is 25.9 Å². The molecule has 1 unspecified atom stereocenters. The van der Waals surface area contributed by atoms with Crippen LogP contribution in [-0.4, -0.2) is 35.6 Å². The molecule has 1 rings (SSSR count). The fraction of sp³-hybridized carbons (Fsp3) is 0.929. The van der Waals surface area contributed by atoms with Crippen LogP contribution in [0.3, 0.4) is 0 Å². The van der Waals surface area contributed by atoms with Gasteiger partial charge in [0.05, 0.1) is 0 Å². The molecule has 0 bridgehead atoms. The Hall–Kier alpha value is -0.570. The smallest absolute Gasteiger partial charge is 0.323 e. The molecule has 1 atom stereocenters. The summed E-state index contributed by atoms with van der Waals surface area (Å²) >= 11 is 0. The first-order chi connectivity index (χ1) is 7.58. The van der Waals surface area contributed by atoms with Crippen LogP contribution in [-0.2, 0) is 9.53 Å². The van der Waals surface area contributed by atoms with E-state index in [1.807, 2.05) is 20.8 Å². The summed E-state index contributed by atoms with van der Waals surface area (Å²) in [6.07, 6.45) is 2.03. The second kappa shape index (κ2) is 4.97. The van der Waals surface area contributed by atoms with E-state index >= 15 is 0 Å². The van der Waals surface area contributed by atoms with Gasteiger partial charge in [-0.1, -0.05) is 20.8 Å². The van der Waals surface area contributed by atoms with E-state index in [9.17, 15) is 4.79 Å². The highest BCUT2D eigenvalue weighted by atomic mass is 16.6. The van der Waals surface area contributed by atoms with Gasteiger partial charge in [0, 0.05) is 6.54 Å².